The van der Waals surface area contributed by atoms with Gasteiger partial charge in [0, 0.05) is 0 Å². The Morgan fingerprint density at radius 3 is 2.82 bits per heavy atom. The molecule has 90 valence electrons. The number of nitrogens with one attached hydrogen (secondary N) is 1. The number of furan rings is 1. The van der Waals surface area contributed by atoms with Crippen molar-refractivity contribution in [1.29, 1.82) is 5.26 Å². The molecule has 2 rings (SSSR count). The first-order valence-electron chi connectivity index (χ1n) is 5.93. The van der Waals surface area contributed by atoms with Crippen molar-refractivity contribution in [2.24, 2.45) is 5.41 Å². The lowest BCUT2D eigenvalue weighted by Crippen LogP contribution is -2.39. The number of carbonyl (C=O) groups excluding carboxylic acids is 1. The van der Waals surface area contributed by atoms with Gasteiger partial charge in [-0.15, -0.1) is 0 Å². The van der Waals surface area contributed by atoms with Crippen LogP contribution in [0.25, 0.3) is 0 Å². The van der Waals surface area contributed by atoms with Gasteiger partial charge in [0.25, 0.3) is 0 Å². The predicted octanol–water partition coefficient (Wildman–Crippen LogP) is 2.54. The zero-order chi connectivity index (χ0) is 12.3. The molecular formula is C13H16N2O2. The van der Waals surface area contributed by atoms with Crippen LogP contribution >= 0.6 is 0 Å². The Balaban J connectivity index is 2.04. The maximum Gasteiger partial charge on any atom is 0.241 e. The first-order chi connectivity index (χ1) is 8.18. The second-order valence-electron chi connectivity index (χ2n) is 4.61. The number of carbonyl (C=O) groups is 1. The van der Waals surface area contributed by atoms with Crippen LogP contribution in [0.3, 0.4) is 0 Å². The second kappa shape index (κ2) is 4.62. The van der Waals surface area contributed by atoms with Crippen molar-refractivity contribution in [3.8, 4) is 6.07 Å². The van der Waals surface area contributed by atoms with Crippen LogP contribution in [0.15, 0.2) is 22.8 Å². The standard InChI is InChI=1S/C13H16N2O2/c1-10(11-5-4-8-17-11)15-12(16)13(9-14)6-2-3-7-13/h4-5,8,10H,2-3,6-7H2,1H3,(H,15,16). The molecule has 17 heavy (non-hydrogen) atoms. The van der Waals surface area contributed by atoms with Crippen LogP contribution in [0, 0.1) is 16.7 Å². The van der Waals surface area contributed by atoms with Gasteiger partial charge in [0.1, 0.15) is 11.2 Å². The maximum atomic E-state index is 12.1. The van der Waals surface area contributed by atoms with Crippen LogP contribution in [0.2, 0.25) is 0 Å². The zero-order valence-electron chi connectivity index (χ0n) is 9.90. The zero-order valence-corrected chi connectivity index (χ0v) is 9.90. The molecule has 1 fully saturated rings. The Hall–Kier alpha value is -1.76. The molecule has 1 unspecified atom stereocenters. The van der Waals surface area contributed by atoms with Crippen LogP contribution in [0.1, 0.15) is 44.4 Å². The van der Waals surface area contributed by atoms with E-state index in [1.54, 1.807) is 12.3 Å². The lowest BCUT2D eigenvalue weighted by atomic mass is 9.87. The fraction of sp³-hybridized carbons (Fsp3) is 0.538. The summed E-state index contributed by atoms with van der Waals surface area (Å²) in [5.74, 6) is 0.547. The average molecular weight is 232 g/mol. The van der Waals surface area contributed by atoms with Gasteiger partial charge in [-0.3, -0.25) is 4.79 Å². The summed E-state index contributed by atoms with van der Waals surface area (Å²) in [4.78, 5) is 12.1. The molecule has 4 nitrogen and oxygen atoms in total. The highest BCUT2D eigenvalue weighted by Crippen LogP contribution is 2.38. The Morgan fingerprint density at radius 1 is 1.59 bits per heavy atom. The highest BCUT2D eigenvalue weighted by atomic mass is 16.3. The fourth-order valence-electron chi connectivity index (χ4n) is 2.31. The van der Waals surface area contributed by atoms with Gasteiger partial charge in [0.05, 0.1) is 18.4 Å². The van der Waals surface area contributed by atoms with Crippen LogP contribution in [0.4, 0.5) is 0 Å². The lowest BCUT2D eigenvalue weighted by molar-refractivity contribution is -0.128. The Morgan fingerprint density at radius 2 is 2.29 bits per heavy atom. The molecule has 1 aromatic heterocycles. The monoisotopic (exact) mass is 232 g/mol. The van der Waals surface area contributed by atoms with E-state index in [-0.39, 0.29) is 11.9 Å². The van der Waals surface area contributed by atoms with Crippen molar-refractivity contribution in [3.63, 3.8) is 0 Å². The molecule has 1 aliphatic rings. The summed E-state index contributed by atoms with van der Waals surface area (Å²) in [7, 11) is 0. The summed E-state index contributed by atoms with van der Waals surface area (Å²) < 4.78 is 5.23. The van der Waals surface area contributed by atoms with Crippen LogP contribution < -0.4 is 5.32 Å². The molecule has 1 atom stereocenters. The van der Waals surface area contributed by atoms with Crippen molar-refractivity contribution in [2.75, 3.05) is 0 Å². The Kier molecular flexibility index (Phi) is 3.19. The molecule has 0 aliphatic heterocycles. The third-order valence-electron chi connectivity index (χ3n) is 3.42. The first-order valence-corrected chi connectivity index (χ1v) is 5.93. The highest BCUT2D eigenvalue weighted by Gasteiger charge is 2.42. The van der Waals surface area contributed by atoms with E-state index in [1.807, 2.05) is 13.0 Å². The highest BCUT2D eigenvalue weighted by molar-refractivity contribution is 5.86. The molecule has 0 radical (unpaired) electrons. The molecule has 0 spiro atoms. The topological polar surface area (TPSA) is 66.0 Å². The molecule has 1 aromatic rings. The largest absolute Gasteiger partial charge is 0.467 e. The maximum absolute atomic E-state index is 12.1. The van der Waals surface area contributed by atoms with E-state index in [0.29, 0.717) is 18.6 Å². The van der Waals surface area contributed by atoms with Crippen molar-refractivity contribution in [3.05, 3.63) is 24.2 Å². The van der Waals surface area contributed by atoms with E-state index >= 15 is 0 Å². The number of hydrogen-bond donors (Lipinski definition) is 1. The first kappa shape index (κ1) is 11.7. The summed E-state index contributed by atoms with van der Waals surface area (Å²) in [5.41, 5.74) is -0.819. The van der Waals surface area contributed by atoms with Gasteiger partial charge in [-0.05, 0) is 31.9 Å². The molecular weight excluding hydrogens is 216 g/mol. The predicted molar refractivity (Wildman–Crippen MR) is 61.8 cm³/mol. The van der Waals surface area contributed by atoms with Crippen molar-refractivity contribution >= 4 is 5.91 Å². The van der Waals surface area contributed by atoms with Gasteiger partial charge in [-0.2, -0.15) is 5.26 Å². The van der Waals surface area contributed by atoms with Crippen molar-refractivity contribution < 1.29 is 9.21 Å². The molecule has 1 aliphatic carbocycles. The van der Waals surface area contributed by atoms with Gasteiger partial charge < -0.3 is 9.73 Å². The summed E-state index contributed by atoms with van der Waals surface area (Å²) in [6.07, 6.45) is 4.82. The molecule has 1 N–H and O–H groups in total. The second-order valence-corrected chi connectivity index (χ2v) is 4.61. The normalized spacial score (nSPS) is 19.5. The van der Waals surface area contributed by atoms with Gasteiger partial charge >= 0.3 is 0 Å². The Labute approximate surface area is 101 Å². The summed E-state index contributed by atoms with van der Waals surface area (Å²) in [6.45, 7) is 1.86. The molecule has 4 heteroatoms. The van der Waals surface area contributed by atoms with Crippen LogP contribution in [-0.4, -0.2) is 5.91 Å². The van der Waals surface area contributed by atoms with Crippen molar-refractivity contribution in [2.45, 2.75) is 38.6 Å². The molecule has 0 bridgehead atoms. The van der Waals surface area contributed by atoms with Gasteiger partial charge in [-0.25, -0.2) is 0 Å². The van der Waals surface area contributed by atoms with Gasteiger partial charge in [0.2, 0.25) is 5.91 Å². The summed E-state index contributed by atoms with van der Waals surface area (Å²) in [6, 6.07) is 5.60. The van der Waals surface area contributed by atoms with Crippen molar-refractivity contribution in [1.82, 2.24) is 5.32 Å². The molecule has 0 aromatic carbocycles. The third kappa shape index (κ3) is 2.19. The number of hydrogen-bond acceptors (Lipinski definition) is 3. The van der Waals surface area contributed by atoms with E-state index in [2.05, 4.69) is 11.4 Å². The SMILES string of the molecule is CC(NC(=O)C1(C#N)CCCC1)c1ccco1. The van der Waals surface area contributed by atoms with E-state index in [1.165, 1.54) is 0 Å². The molecule has 1 saturated carbocycles. The average Bonchev–Trinajstić information content (AvgIpc) is 3.01. The Bertz CT molecular complexity index is 425. The molecule has 1 amide bonds. The molecule has 1 heterocycles. The minimum atomic E-state index is -0.819. The minimum absolute atomic E-state index is 0.165. The smallest absolute Gasteiger partial charge is 0.241 e. The number of rotatable bonds is 3. The van der Waals surface area contributed by atoms with E-state index in [4.69, 9.17) is 4.42 Å². The number of amides is 1. The summed E-state index contributed by atoms with van der Waals surface area (Å²) >= 11 is 0. The number of nitriles is 1. The van der Waals surface area contributed by atoms with E-state index in [9.17, 15) is 10.1 Å². The van der Waals surface area contributed by atoms with Crippen LogP contribution in [0.5, 0.6) is 0 Å². The summed E-state index contributed by atoms with van der Waals surface area (Å²) in [5, 5.41) is 12.1. The van der Waals surface area contributed by atoms with Gasteiger partial charge in [0.15, 0.2) is 0 Å². The van der Waals surface area contributed by atoms with E-state index < -0.39 is 5.41 Å². The lowest BCUT2D eigenvalue weighted by Gasteiger charge is -2.21. The molecule has 0 saturated heterocycles. The van der Waals surface area contributed by atoms with Gasteiger partial charge in [-0.1, -0.05) is 12.8 Å². The third-order valence-corrected chi connectivity index (χ3v) is 3.42. The number of nitrogens with zero attached hydrogens (tertiary/aromatic N) is 1. The quantitative estimate of drug-likeness (QED) is 0.870. The van der Waals surface area contributed by atoms with Crippen LogP contribution in [-0.2, 0) is 4.79 Å². The minimum Gasteiger partial charge on any atom is -0.467 e. The van der Waals surface area contributed by atoms with E-state index in [0.717, 1.165) is 12.8 Å². The fourth-order valence-corrected chi connectivity index (χ4v) is 2.31.